The second-order valence-electron chi connectivity index (χ2n) is 10.3. The summed E-state index contributed by atoms with van der Waals surface area (Å²) in [6, 6.07) is 6.00. The molecule has 0 saturated carbocycles. The lowest BCUT2D eigenvalue weighted by molar-refractivity contribution is -0.151. The standard InChI is InChI=1S/C29H47N3O3/c1-11-22(7)28(25(17-32(9)10)14-21(6)18-33)31-26-15-24(13-12-23(26)8)16-30-27(19(2)3)29(34)35-20(4)5/h12-15,17-20,22,27-28,30-31H,11,16H2,1-10H3/b21-14-,25-17+. The molecule has 0 radical (unpaired) electrons. The summed E-state index contributed by atoms with van der Waals surface area (Å²) in [4.78, 5) is 25.9. The summed E-state index contributed by atoms with van der Waals surface area (Å²) in [5, 5.41) is 7.15. The third-order valence-electron chi connectivity index (χ3n) is 5.97. The number of aryl methyl sites for hydroxylation is 1. The van der Waals surface area contributed by atoms with Crippen LogP contribution in [0.2, 0.25) is 0 Å². The highest BCUT2D eigenvalue weighted by Gasteiger charge is 2.24. The Morgan fingerprint density at radius 1 is 1.11 bits per heavy atom. The van der Waals surface area contributed by atoms with E-state index in [1.165, 1.54) is 0 Å². The van der Waals surface area contributed by atoms with Crippen molar-refractivity contribution in [2.24, 2.45) is 11.8 Å². The summed E-state index contributed by atoms with van der Waals surface area (Å²) in [7, 11) is 3.98. The van der Waals surface area contributed by atoms with Crippen molar-refractivity contribution >= 4 is 17.9 Å². The molecule has 0 aliphatic heterocycles. The van der Waals surface area contributed by atoms with Gasteiger partial charge in [-0.2, -0.15) is 0 Å². The topological polar surface area (TPSA) is 70.7 Å². The largest absolute Gasteiger partial charge is 0.462 e. The molecule has 0 aliphatic carbocycles. The molecular weight excluding hydrogens is 438 g/mol. The molecular formula is C29H47N3O3. The average Bonchev–Trinajstić information content (AvgIpc) is 2.77. The Balaban J connectivity index is 3.23. The number of ether oxygens (including phenoxy) is 1. The molecule has 6 nitrogen and oxygen atoms in total. The third kappa shape index (κ3) is 10.3. The molecule has 1 rings (SSSR count). The summed E-state index contributed by atoms with van der Waals surface area (Å²) >= 11 is 0. The highest BCUT2D eigenvalue weighted by molar-refractivity contribution is 5.76. The number of anilines is 1. The quantitative estimate of drug-likeness (QED) is 0.157. The van der Waals surface area contributed by atoms with Crippen molar-refractivity contribution < 1.29 is 14.3 Å². The van der Waals surface area contributed by atoms with Gasteiger partial charge in [0.1, 0.15) is 12.3 Å². The molecule has 3 atom stereocenters. The second kappa shape index (κ2) is 14.7. The Hall–Kier alpha value is -2.60. The number of nitrogens with zero attached hydrogens (tertiary/aromatic N) is 1. The Kier molecular flexibility index (Phi) is 12.8. The van der Waals surface area contributed by atoms with Gasteiger partial charge in [-0.3, -0.25) is 9.59 Å². The van der Waals surface area contributed by atoms with Gasteiger partial charge in [-0.25, -0.2) is 0 Å². The van der Waals surface area contributed by atoms with Gasteiger partial charge in [0.2, 0.25) is 0 Å². The van der Waals surface area contributed by atoms with Crippen molar-refractivity contribution in [3.05, 3.63) is 52.7 Å². The summed E-state index contributed by atoms with van der Waals surface area (Å²) in [5.41, 5.74) is 5.02. The molecule has 0 fully saturated rings. The third-order valence-corrected chi connectivity index (χ3v) is 5.97. The first-order valence-corrected chi connectivity index (χ1v) is 12.7. The van der Waals surface area contributed by atoms with Gasteiger partial charge in [0.25, 0.3) is 0 Å². The summed E-state index contributed by atoms with van der Waals surface area (Å²) < 4.78 is 5.44. The molecule has 0 aromatic heterocycles. The van der Waals surface area contributed by atoms with Gasteiger partial charge in [-0.15, -0.1) is 0 Å². The second-order valence-corrected chi connectivity index (χ2v) is 10.3. The molecule has 0 saturated heterocycles. The zero-order chi connectivity index (χ0) is 26.7. The van der Waals surface area contributed by atoms with Gasteiger partial charge in [-0.1, -0.05) is 46.2 Å². The van der Waals surface area contributed by atoms with Crippen LogP contribution in [0, 0.1) is 18.8 Å². The fourth-order valence-corrected chi connectivity index (χ4v) is 3.82. The molecule has 1 aromatic rings. The van der Waals surface area contributed by atoms with E-state index in [-0.39, 0.29) is 30.1 Å². The lowest BCUT2D eigenvalue weighted by atomic mass is 9.90. The zero-order valence-corrected chi connectivity index (χ0v) is 23.4. The smallest absolute Gasteiger partial charge is 0.323 e. The molecule has 0 aliphatic rings. The van der Waals surface area contributed by atoms with Gasteiger partial charge in [0.05, 0.1) is 12.1 Å². The number of carbonyl (C=O) groups is 2. The number of nitrogens with one attached hydrogen (secondary N) is 2. The lowest BCUT2D eigenvalue weighted by Gasteiger charge is -2.29. The number of esters is 1. The van der Waals surface area contributed by atoms with E-state index in [2.05, 4.69) is 55.8 Å². The predicted octanol–water partition coefficient (Wildman–Crippen LogP) is 5.48. The zero-order valence-electron chi connectivity index (χ0n) is 23.4. The minimum atomic E-state index is -0.367. The van der Waals surface area contributed by atoms with E-state index in [4.69, 9.17) is 4.74 Å². The average molecular weight is 486 g/mol. The Bertz CT molecular complexity index is 887. The Morgan fingerprint density at radius 2 is 1.77 bits per heavy atom. The van der Waals surface area contributed by atoms with Crippen LogP contribution < -0.4 is 10.6 Å². The monoisotopic (exact) mass is 485 g/mol. The minimum absolute atomic E-state index is 0.0311. The number of hydrogen-bond donors (Lipinski definition) is 2. The number of aldehydes is 1. The Morgan fingerprint density at radius 3 is 2.29 bits per heavy atom. The highest BCUT2D eigenvalue weighted by atomic mass is 16.5. The first kappa shape index (κ1) is 30.4. The van der Waals surface area contributed by atoms with Crippen LogP contribution in [-0.2, 0) is 20.9 Å². The van der Waals surface area contributed by atoms with Crippen molar-refractivity contribution in [3.8, 4) is 0 Å². The maximum Gasteiger partial charge on any atom is 0.323 e. The molecule has 1 aromatic carbocycles. The van der Waals surface area contributed by atoms with E-state index in [0.717, 1.165) is 35.1 Å². The van der Waals surface area contributed by atoms with Crippen molar-refractivity contribution in [2.75, 3.05) is 19.4 Å². The number of rotatable bonds is 14. The van der Waals surface area contributed by atoms with Crippen LogP contribution in [0.1, 0.15) is 66.0 Å². The fraction of sp³-hybridized carbons (Fsp3) is 0.586. The van der Waals surface area contributed by atoms with E-state index in [1.54, 1.807) is 0 Å². The highest BCUT2D eigenvalue weighted by Crippen LogP contribution is 2.26. The molecule has 0 heterocycles. The normalized spacial score (nSPS) is 15.1. The van der Waals surface area contributed by atoms with Crippen LogP contribution in [-0.4, -0.2) is 49.4 Å². The van der Waals surface area contributed by atoms with Gasteiger partial charge >= 0.3 is 5.97 Å². The van der Waals surface area contributed by atoms with E-state index in [0.29, 0.717) is 18.0 Å². The molecule has 2 N–H and O–H groups in total. The molecule has 0 spiro atoms. The van der Waals surface area contributed by atoms with Crippen LogP contribution in [0.5, 0.6) is 0 Å². The lowest BCUT2D eigenvalue weighted by Crippen LogP contribution is -2.42. The molecule has 0 amide bonds. The fourth-order valence-electron chi connectivity index (χ4n) is 3.82. The van der Waals surface area contributed by atoms with Crippen LogP contribution in [0.3, 0.4) is 0 Å². The first-order chi connectivity index (χ1) is 16.4. The number of carbonyl (C=O) groups excluding carboxylic acids is 2. The van der Waals surface area contributed by atoms with Crippen LogP contribution in [0.4, 0.5) is 5.69 Å². The number of benzene rings is 1. The van der Waals surface area contributed by atoms with Crippen molar-refractivity contribution in [1.29, 1.82) is 0 Å². The van der Waals surface area contributed by atoms with Crippen LogP contribution >= 0.6 is 0 Å². The minimum Gasteiger partial charge on any atom is -0.462 e. The molecule has 35 heavy (non-hydrogen) atoms. The maximum absolute atomic E-state index is 12.5. The maximum atomic E-state index is 12.5. The molecule has 6 heteroatoms. The van der Waals surface area contributed by atoms with Crippen LogP contribution in [0.25, 0.3) is 0 Å². The van der Waals surface area contributed by atoms with E-state index < -0.39 is 0 Å². The van der Waals surface area contributed by atoms with E-state index in [1.807, 2.05) is 59.7 Å². The summed E-state index contributed by atoms with van der Waals surface area (Å²) in [6.07, 6.45) is 5.78. The van der Waals surface area contributed by atoms with Crippen molar-refractivity contribution in [2.45, 2.75) is 86.5 Å². The molecule has 3 unspecified atom stereocenters. The first-order valence-electron chi connectivity index (χ1n) is 12.7. The predicted molar refractivity (Wildman–Crippen MR) is 146 cm³/mol. The summed E-state index contributed by atoms with van der Waals surface area (Å²) in [5.74, 6) is 0.243. The van der Waals surface area contributed by atoms with Crippen molar-refractivity contribution in [1.82, 2.24) is 10.2 Å². The van der Waals surface area contributed by atoms with Gasteiger partial charge in [-0.05, 0) is 73.9 Å². The van der Waals surface area contributed by atoms with E-state index in [9.17, 15) is 9.59 Å². The van der Waals surface area contributed by atoms with Gasteiger partial charge in [0.15, 0.2) is 0 Å². The number of hydrogen-bond acceptors (Lipinski definition) is 6. The van der Waals surface area contributed by atoms with Gasteiger partial charge < -0.3 is 20.3 Å². The van der Waals surface area contributed by atoms with Gasteiger partial charge in [0, 0.05) is 32.5 Å². The number of allylic oxidation sites excluding steroid dienone is 1. The molecule has 196 valence electrons. The van der Waals surface area contributed by atoms with Crippen LogP contribution in [0.15, 0.2) is 41.6 Å². The van der Waals surface area contributed by atoms with E-state index >= 15 is 0 Å². The van der Waals surface area contributed by atoms with Crippen molar-refractivity contribution in [3.63, 3.8) is 0 Å². The SMILES string of the molecule is CCC(C)C(Nc1cc(CNC(C(=O)OC(C)C)C(C)C)ccc1C)C(/C=C(/C)C=O)=C/N(C)C. The Labute approximate surface area is 213 Å². The molecule has 0 bridgehead atoms. The summed E-state index contributed by atoms with van der Waals surface area (Å²) in [6.45, 7) is 16.7.